The minimum absolute atomic E-state index is 0.0650. The lowest BCUT2D eigenvalue weighted by molar-refractivity contribution is -0.938. The van der Waals surface area contributed by atoms with Crippen molar-refractivity contribution in [1.29, 1.82) is 0 Å². The molecule has 2 atom stereocenters. The Morgan fingerprint density at radius 2 is 1.89 bits per heavy atom. The Balaban J connectivity index is 1.41. The predicted octanol–water partition coefficient (Wildman–Crippen LogP) is 3.79. The van der Waals surface area contributed by atoms with E-state index >= 15 is 0 Å². The molecular weight excluding hydrogens is 350 g/mol. The number of hydrogen-bond acceptors (Lipinski definition) is 3. The van der Waals surface area contributed by atoms with Crippen LogP contribution in [0.15, 0.2) is 54.1 Å². The van der Waals surface area contributed by atoms with Gasteiger partial charge in [0.1, 0.15) is 13.1 Å². The third-order valence-corrected chi connectivity index (χ3v) is 6.76. The highest BCUT2D eigenvalue weighted by Gasteiger charge is 2.48. The van der Waals surface area contributed by atoms with Crippen LogP contribution in [0.4, 0.5) is 0 Å². The highest BCUT2D eigenvalue weighted by atomic mass is 16.5. The van der Waals surface area contributed by atoms with Gasteiger partial charge in [-0.15, -0.1) is 0 Å². The second-order valence-corrected chi connectivity index (χ2v) is 8.64. The number of nitrogens with zero attached hydrogens (tertiary/aromatic N) is 1. The minimum Gasteiger partial charge on any atom is -0.456 e. The van der Waals surface area contributed by atoms with E-state index in [0.29, 0.717) is 12.5 Å². The Morgan fingerprint density at radius 1 is 1.14 bits per heavy atom. The second-order valence-electron chi connectivity index (χ2n) is 8.64. The predicted molar refractivity (Wildman–Crippen MR) is 109 cm³/mol. The van der Waals surface area contributed by atoms with Crippen LogP contribution in [0.5, 0.6) is 0 Å². The topological polar surface area (TPSA) is 43.4 Å². The van der Waals surface area contributed by atoms with Crippen LogP contribution in [0, 0.1) is 5.92 Å². The molecule has 0 saturated carbocycles. The molecule has 0 aromatic heterocycles. The summed E-state index contributed by atoms with van der Waals surface area (Å²) in [5, 5.41) is 0. The normalized spacial score (nSPS) is 29.8. The zero-order chi connectivity index (χ0) is 19.6. The van der Waals surface area contributed by atoms with Crippen LogP contribution in [0.3, 0.4) is 0 Å². The Hall–Kier alpha value is -2.20. The first kappa shape index (κ1) is 19.1. The summed E-state index contributed by atoms with van der Waals surface area (Å²) in [5.74, 6) is 0.270. The van der Waals surface area contributed by atoms with Crippen LogP contribution in [0.2, 0.25) is 0 Å². The van der Waals surface area contributed by atoms with E-state index in [9.17, 15) is 9.59 Å². The van der Waals surface area contributed by atoms with Crippen molar-refractivity contribution in [1.82, 2.24) is 0 Å². The summed E-state index contributed by atoms with van der Waals surface area (Å²) < 4.78 is 6.78. The molecule has 3 saturated heterocycles. The van der Waals surface area contributed by atoms with Gasteiger partial charge in [0.25, 0.3) is 0 Å². The Bertz CT molecular complexity index is 787. The van der Waals surface area contributed by atoms with E-state index in [2.05, 4.69) is 12.2 Å². The summed E-state index contributed by atoms with van der Waals surface area (Å²) >= 11 is 0. The molecule has 3 fully saturated rings. The van der Waals surface area contributed by atoms with Gasteiger partial charge in [-0.1, -0.05) is 48.6 Å². The van der Waals surface area contributed by atoms with Gasteiger partial charge < -0.3 is 9.22 Å². The van der Waals surface area contributed by atoms with Gasteiger partial charge in [-0.25, -0.2) is 0 Å². The SMILES string of the molecule is CC(C(=O)O[C@H]1C[N+]2(CC(=O)C3=CCCC=C3)CCC1CC2)c1ccccc1. The number of carbonyl (C=O) groups excluding carboxylic acids is 2. The largest absolute Gasteiger partial charge is 0.456 e. The van der Waals surface area contributed by atoms with Crippen LogP contribution in [0.1, 0.15) is 44.1 Å². The lowest BCUT2D eigenvalue weighted by Crippen LogP contribution is -2.65. The minimum atomic E-state index is -0.260. The molecule has 1 aromatic rings. The van der Waals surface area contributed by atoms with E-state index in [4.69, 9.17) is 4.74 Å². The average molecular weight is 381 g/mol. The zero-order valence-electron chi connectivity index (χ0n) is 16.7. The number of rotatable bonds is 6. The molecule has 5 rings (SSSR count). The molecule has 0 amide bonds. The summed E-state index contributed by atoms with van der Waals surface area (Å²) in [5.41, 5.74) is 1.85. The monoisotopic (exact) mass is 380 g/mol. The van der Waals surface area contributed by atoms with Crippen molar-refractivity contribution < 1.29 is 18.8 Å². The smallest absolute Gasteiger partial charge is 0.313 e. The zero-order valence-corrected chi connectivity index (χ0v) is 16.7. The van der Waals surface area contributed by atoms with Crippen LogP contribution in [-0.2, 0) is 14.3 Å². The number of esters is 1. The van der Waals surface area contributed by atoms with Gasteiger partial charge in [0.05, 0.1) is 19.0 Å². The fraction of sp³-hybridized carbons (Fsp3) is 0.500. The lowest BCUT2D eigenvalue weighted by Gasteiger charge is -2.51. The highest BCUT2D eigenvalue weighted by molar-refractivity contribution is 5.99. The van der Waals surface area contributed by atoms with E-state index in [1.807, 2.05) is 43.3 Å². The first-order valence-electron chi connectivity index (χ1n) is 10.6. The molecule has 28 heavy (non-hydrogen) atoms. The van der Waals surface area contributed by atoms with Gasteiger partial charge in [-0.3, -0.25) is 9.59 Å². The van der Waals surface area contributed by atoms with E-state index in [1.54, 1.807) is 0 Å². The number of hydrogen-bond donors (Lipinski definition) is 0. The molecule has 0 radical (unpaired) electrons. The van der Waals surface area contributed by atoms with E-state index in [0.717, 1.165) is 60.9 Å². The number of Topliss-reactive ketones (excluding diaryl/α,β-unsaturated/α-hetero) is 1. The quantitative estimate of drug-likeness (QED) is 0.557. The molecule has 1 aliphatic carbocycles. The maximum absolute atomic E-state index is 12.8. The van der Waals surface area contributed by atoms with Crippen molar-refractivity contribution in [2.24, 2.45) is 5.92 Å². The number of carbonyl (C=O) groups is 2. The summed E-state index contributed by atoms with van der Waals surface area (Å²) in [6.07, 6.45) is 10.1. The number of benzene rings is 1. The van der Waals surface area contributed by atoms with Crippen molar-refractivity contribution in [2.75, 3.05) is 26.2 Å². The third kappa shape index (κ3) is 3.97. The standard InChI is InChI=1S/C24H30NO3/c1-18(19-8-4-2-5-9-19)24(27)28-23-17-25(14-12-21(23)13-15-25)16-22(26)20-10-6-3-7-11-20/h2,4-6,8-11,18,21,23H,3,7,12-17H2,1H3/q+1/t18?,21?,23-,25?/m0/s1. The van der Waals surface area contributed by atoms with E-state index < -0.39 is 0 Å². The maximum atomic E-state index is 12.8. The number of piperidine rings is 3. The molecule has 0 spiro atoms. The molecule has 3 heterocycles. The van der Waals surface area contributed by atoms with Gasteiger partial charge in [0, 0.05) is 24.3 Å². The number of quaternary nitrogens is 1. The molecule has 1 aromatic carbocycles. The van der Waals surface area contributed by atoms with Crippen molar-refractivity contribution in [3.63, 3.8) is 0 Å². The summed E-state index contributed by atoms with van der Waals surface area (Å²) in [6, 6.07) is 9.80. The number of allylic oxidation sites excluding steroid dienone is 3. The van der Waals surface area contributed by atoms with Crippen LogP contribution < -0.4 is 0 Å². The van der Waals surface area contributed by atoms with Crippen molar-refractivity contribution >= 4 is 11.8 Å². The van der Waals surface area contributed by atoms with Gasteiger partial charge in [0.2, 0.25) is 5.78 Å². The molecule has 4 aliphatic rings. The molecule has 148 valence electrons. The van der Waals surface area contributed by atoms with Crippen LogP contribution in [-0.4, -0.2) is 48.5 Å². The fourth-order valence-corrected chi connectivity index (χ4v) is 4.92. The second kappa shape index (κ2) is 8.04. The number of ether oxygens (including phenoxy) is 1. The molecule has 4 nitrogen and oxygen atoms in total. The van der Waals surface area contributed by atoms with Gasteiger partial charge in [0.15, 0.2) is 6.10 Å². The molecule has 1 unspecified atom stereocenters. The summed E-state index contributed by atoms with van der Waals surface area (Å²) in [6.45, 7) is 5.27. The van der Waals surface area contributed by atoms with E-state index in [-0.39, 0.29) is 23.8 Å². The molecule has 4 heteroatoms. The molecule has 0 N–H and O–H groups in total. The number of fused-ring (bicyclic) bond motifs is 3. The Labute approximate surface area is 167 Å². The van der Waals surface area contributed by atoms with Crippen molar-refractivity contribution in [3.05, 3.63) is 59.7 Å². The van der Waals surface area contributed by atoms with Gasteiger partial charge >= 0.3 is 5.97 Å². The van der Waals surface area contributed by atoms with Crippen LogP contribution in [0.25, 0.3) is 0 Å². The van der Waals surface area contributed by atoms with E-state index in [1.165, 1.54) is 0 Å². The van der Waals surface area contributed by atoms with Gasteiger partial charge in [-0.2, -0.15) is 0 Å². The van der Waals surface area contributed by atoms with Crippen LogP contribution >= 0.6 is 0 Å². The molecule has 3 aliphatic heterocycles. The van der Waals surface area contributed by atoms with Crippen molar-refractivity contribution in [3.8, 4) is 0 Å². The Morgan fingerprint density at radius 3 is 2.57 bits per heavy atom. The Kier molecular flexibility index (Phi) is 5.49. The van der Waals surface area contributed by atoms with Crippen molar-refractivity contribution in [2.45, 2.75) is 44.6 Å². The third-order valence-electron chi connectivity index (χ3n) is 6.76. The molecular formula is C24H30NO3+. The first-order chi connectivity index (χ1) is 13.6. The van der Waals surface area contributed by atoms with Gasteiger partial charge in [-0.05, 0) is 25.3 Å². The average Bonchev–Trinajstić information content (AvgIpc) is 2.75. The molecule has 2 bridgehead atoms. The summed E-state index contributed by atoms with van der Waals surface area (Å²) in [7, 11) is 0. The number of ketones is 1. The summed E-state index contributed by atoms with van der Waals surface area (Å²) in [4.78, 5) is 25.6. The highest BCUT2D eigenvalue weighted by Crippen LogP contribution is 2.36. The fourth-order valence-electron chi connectivity index (χ4n) is 4.92. The maximum Gasteiger partial charge on any atom is 0.313 e. The lowest BCUT2D eigenvalue weighted by atomic mass is 9.82. The first-order valence-corrected chi connectivity index (χ1v) is 10.6.